The van der Waals surface area contributed by atoms with E-state index in [2.05, 4.69) is 31.5 Å². The van der Waals surface area contributed by atoms with E-state index in [1.807, 2.05) is 43.3 Å². The van der Waals surface area contributed by atoms with Crippen LogP contribution < -0.4 is 5.73 Å². The summed E-state index contributed by atoms with van der Waals surface area (Å²) in [5.41, 5.74) is 9.04. The van der Waals surface area contributed by atoms with E-state index >= 15 is 0 Å². The quantitative estimate of drug-likeness (QED) is 0.705. The lowest BCUT2D eigenvalue weighted by atomic mass is 10.1. The molecule has 0 saturated carbocycles. The van der Waals surface area contributed by atoms with E-state index in [-0.39, 0.29) is 0 Å². The van der Waals surface area contributed by atoms with E-state index in [4.69, 9.17) is 17.3 Å². The molecule has 3 rings (SSSR count). The van der Waals surface area contributed by atoms with E-state index in [9.17, 15) is 0 Å². The van der Waals surface area contributed by atoms with Crippen LogP contribution in [0.2, 0.25) is 5.02 Å². The van der Waals surface area contributed by atoms with Crippen molar-refractivity contribution >= 4 is 33.2 Å². The number of benzene rings is 2. The third kappa shape index (κ3) is 2.52. The molecule has 1 aromatic heterocycles. The highest BCUT2D eigenvalue weighted by Gasteiger charge is 2.17. The largest absolute Gasteiger partial charge is 0.399 e. The van der Waals surface area contributed by atoms with Gasteiger partial charge in [-0.3, -0.25) is 0 Å². The molecule has 2 N–H and O–H groups in total. The second kappa shape index (κ2) is 5.46. The maximum atomic E-state index is 6.30. The first kappa shape index (κ1) is 14.0. The van der Waals surface area contributed by atoms with Crippen molar-refractivity contribution < 1.29 is 0 Å². The number of hydrogen-bond donors (Lipinski definition) is 1. The molecule has 2 aromatic carbocycles. The van der Waals surface area contributed by atoms with E-state index in [0.29, 0.717) is 16.5 Å². The Hall–Kier alpha value is -1.92. The first-order valence-electron chi connectivity index (χ1n) is 6.17. The summed E-state index contributed by atoms with van der Waals surface area (Å²) < 4.78 is 2.48. The zero-order valence-corrected chi connectivity index (χ0v) is 13.4. The number of aryl methyl sites for hydroxylation is 1. The van der Waals surface area contributed by atoms with Crippen LogP contribution in [0.1, 0.15) is 5.56 Å². The molecule has 106 valence electrons. The molecule has 7 heteroatoms. The lowest BCUT2D eigenvalue weighted by Gasteiger charge is -2.11. The van der Waals surface area contributed by atoms with Gasteiger partial charge in [-0.2, -0.15) is 4.68 Å². The van der Waals surface area contributed by atoms with Crippen molar-refractivity contribution in [1.82, 2.24) is 20.2 Å². The Morgan fingerprint density at radius 3 is 2.81 bits per heavy atom. The summed E-state index contributed by atoms with van der Waals surface area (Å²) in [5.74, 6) is 0.574. The number of nitrogen functional groups attached to an aromatic ring is 1. The Bertz CT molecular complexity index is 795. The van der Waals surface area contributed by atoms with Crippen LogP contribution in [0.15, 0.2) is 40.9 Å². The number of tetrazole rings is 1. The highest BCUT2D eigenvalue weighted by atomic mass is 79.9. The minimum Gasteiger partial charge on any atom is -0.399 e. The van der Waals surface area contributed by atoms with Gasteiger partial charge in [0.25, 0.3) is 0 Å². The maximum absolute atomic E-state index is 6.30. The van der Waals surface area contributed by atoms with Gasteiger partial charge in [-0.05, 0) is 47.2 Å². The van der Waals surface area contributed by atoms with Crippen LogP contribution in [0.3, 0.4) is 0 Å². The zero-order chi connectivity index (χ0) is 15.0. The minimum absolute atomic E-state index is 0.574. The van der Waals surface area contributed by atoms with Gasteiger partial charge in [-0.1, -0.05) is 39.7 Å². The Labute approximate surface area is 134 Å². The van der Waals surface area contributed by atoms with Gasteiger partial charge in [0.15, 0.2) is 5.82 Å². The van der Waals surface area contributed by atoms with Crippen molar-refractivity contribution in [3.63, 3.8) is 0 Å². The molecular formula is C14H11BrClN5. The topological polar surface area (TPSA) is 69.6 Å². The van der Waals surface area contributed by atoms with Crippen molar-refractivity contribution in [1.29, 1.82) is 0 Å². The van der Waals surface area contributed by atoms with Crippen molar-refractivity contribution in [3.8, 4) is 17.1 Å². The van der Waals surface area contributed by atoms with E-state index in [0.717, 1.165) is 21.3 Å². The summed E-state index contributed by atoms with van der Waals surface area (Å²) in [7, 11) is 0. The number of hydrogen-bond acceptors (Lipinski definition) is 4. The molecule has 0 aliphatic carbocycles. The smallest absolute Gasteiger partial charge is 0.188 e. The molecule has 0 bridgehead atoms. The van der Waals surface area contributed by atoms with Crippen molar-refractivity contribution in [3.05, 3.63) is 51.5 Å². The predicted molar refractivity (Wildman–Crippen MR) is 86.4 cm³/mol. The molecular weight excluding hydrogens is 354 g/mol. The third-order valence-corrected chi connectivity index (χ3v) is 4.10. The molecule has 0 fully saturated rings. The molecule has 0 radical (unpaired) electrons. The summed E-state index contributed by atoms with van der Waals surface area (Å²) in [6.45, 7) is 1.96. The molecule has 0 amide bonds. The minimum atomic E-state index is 0.574. The summed E-state index contributed by atoms with van der Waals surface area (Å²) in [6.07, 6.45) is 0. The lowest BCUT2D eigenvalue weighted by molar-refractivity contribution is 0.787. The fraction of sp³-hybridized carbons (Fsp3) is 0.0714. The fourth-order valence-electron chi connectivity index (χ4n) is 2.11. The average molecular weight is 365 g/mol. The maximum Gasteiger partial charge on any atom is 0.188 e. The van der Waals surface area contributed by atoms with Gasteiger partial charge < -0.3 is 5.73 Å². The highest BCUT2D eigenvalue weighted by Crippen LogP contribution is 2.32. The first-order valence-corrected chi connectivity index (χ1v) is 7.34. The monoisotopic (exact) mass is 363 g/mol. The van der Waals surface area contributed by atoms with Gasteiger partial charge in [0.05, 0.1) is 10.7 Å². The van der Waals surface area contributed by atoms with Gasteiger partial charge >= 0.3 is 0 Å². The second-order valence-corrected chi connectivity index (χ2v) is 5.82. The Kier molecular flexibility index (Phi) is 3.65. The van der Waals surface area contributed by atoms with Crippen LogP contribution in [0.25, 0.3) is 17.1 Å². The molecule has 21 heavy (non-hydrogen) atoms. The molecule has 0 saturated heterocycles. The van der Waals surface area contributed by atoms with Crippen LogP contribution in [0.5, 0.6) is 0 Å². The number of nitrogens with two attached hydrogens (primary N) is 1. The van der Waals surface area contributed by atoms with Crippen molar-refractivity contribution in [2.75, 3.05) is 5.73 Å². The molecule has 3 aromatic rings. The molecule has 5 nitrogen and oxygen atoms in total. The SMILES string of the molecule is Cc1cccc(Cl)c1-n1nnnc1-c1cc(N)ccc1Br. The number of para-hydroxylation sites is 1. The van der Waals surface area contributed by atoms with Crippen LogP contribution in [-0.4, -0.2) is 20.2 Å². The average Bonchev–Trinajstić information content (AvgIpc) is 2.90. The molecule has 0 spiro atoms. The Balaban J connectivity index is 2.25. The van der Waals surface area contributed by atoms with Crippen molar-refractivity contribution in [2.24, 2.45) is 0 Å². The normalized spacial score (nSPS) is 10.8. The second-order valence-electron chi connectivity index (χ2n) is 4.56. The summed E-state index contributed by atoms with van der Waals surface area (Å²) in [6, 6.07) is 11.1. The first-order chi connectivity index (χ1) is 10.1. The molecule has 0 atom stereocenters. The van der Waals surface area contributed by atoms with E-state index in [1.165, 1.54) is 0 Å². The van der Waals surface area contributed by atoms with Crippen LogP contribution in [0.4, 0.5) is 5.69 Å². The van der Waals surface area contributed by atoms with Crippen LogP contribution in [-0.2, 0) is 0 Å². The summed E-state index contributed by atoms with van der Waals surface area (Å²) in [5, 5.41) is 12.5. The van der Waals surface area contributed by atoms with Gasteiger partial charge in [0, 0.05) is 15.7 Å². The van der Waals surface area contributed by atoms with Crippen LogP contribution in [0, 0.1) is 6.92 Å². The van der Waals surface area contributed by atoms with E-state index in [1.54, 1.807) is 4.68 Å². The molecule has 0 unspecified atom stereocenters. The Morgan fingerprint density at radius 2 is 2.05 bits per heavy atom. The summed E-state index contributed by atoms with van der Waals surface area (Å²) in [4.78, 5) is 0. The number of aromatic nitrogens is 4. The van der Waals surface area contributed by atoms with Gasteiger partial charge in [0.2, 0.25) is 0 Å². The van der Waals surface area contributed by atoms with Crippen LogP contribution >= 0.6 is 27.5 Å². The fourth-order valence-corrected chi connectivity index (χ4v) is 2.84. The van der Waals surface area contributed by atoms with Gasteiger partial charge in [-0.15, -0.1) is 5.10 Å². The highest BCUT2D eigenvalue weighted by molar-refractivity contribution is 9.10. The molecule has 0 aliphatic heterocycles. The number of nitrogens with zero attached hydrogens (tertiary/aromatic N) is 4. The standard InChI is InChI=1S/C14H11BrClN5/c1-8-3-2-4-12(16)13(8)21-14(18-19-20-21)10-7-9(17)5-6-11(10)15/h2-7H,17H2,1H3. The number of halogens is 2. The van der Waals surface area contributed by atoms with Crippen molar-refractivity contribution in [2.45, 2.75) is 6.92 Å². The van der Waals surface area contributed by atoms with Gasteiger partial charge in [0.1, 0.15) is 0 Å². The molecule has 1 heterocycles. The molecule has 0 aliphatic rings. The summed E-state index contributed by atoms with van der Waals surface area (Å²) >= 11 is 9.80. The number of rotatable bonds is 2. The van der Waals surface area contributed by atoms with E-state index < -0.39 is 0 Å². The zero-order valence-electron chi connectivity index (χ0n) is 11.1. The predicted octanol–water partition coefficient (Wildman–Crippen LogP) is 3.64. The Morgan fingerprint density at radius 1 is 1.24 bits per heavy atom. The van der Waals surface area contributed by atoms with Gasteiger partial charge in [-0.25, -0.2) is 0 Å². The number of anilines is 1. The third-order valence-electron chi connectivity index (χ3n) is 3.10. The lowest BCUT2D eigenvalue weighted by Crippen LogP contribution is -2.03.